The molecule has 0 aliphatic carbocycles. The van der Waals surface area contributed by atoms with Crippen molar-refractivity contribution in [2.75, 3.05) is 0 Å². The van der Waals surface area contributed by atoms with Gasteiger partial charge < -0.3 is 9.84 Å². The van der Waals surface area contributed by atoms with E-state index in [1.54, 1.807) is 0 Å². The van der Waals surface area contributed by atoms with E-state index in [0.29, 0.717) is 6.42 Å². The van der Waals surface area contributed by atoms with Gasteiger partial charge in [-0.15, -0.1) is 0 Å². The van der Waals surface area contributed by atoms with Crippen molar-refractivity contribution in [3.63, 3.8) is 0 Å². The molecule has 4 heteroatoms. The van der Waals surface area contributed by atoms with Gasteiger partial charge in [0.2, 0.25) is 5.76 Å². The van der Waals surface area contributed by atoms with E-state index in [9.17, 15) is 9.59 Å². The average Bonchev–Trinajstić information content (AvgIpc) is 2.46. The fourth-order valence-electron chi connectivity index (χ4n) is 2.37. The van der Waals surface area contributed by atoms with Gasteiger partial charge in [-0.2, -0.15) is 0 Å². The number of ether oxygens (including phenoxy) is 1. The molecule has 0 unspecified atom stereocenters. The molecule has 0 rings (SSSR count). The number of carboxylic acid groups (broad SMARTS) is 1. The molecule has 0 aromatic heterocycles. The summed E-state index contributed by atoms with van der Waals surface area (Å²) in [5.74, 6) is -2.02. The van der Waals surface area contributed by atoms with Crippen LogP contribution in [-0.4, -0.2) is 17.0 Å². The minimum Gasteiger partial charge on any atom is -0.475 e. The zero-order chi connectivity index (χ0) is 16.6. The lowest BCUT2D eigenvalue weighted by atomic mass is 10.1. The van der Waals surface area contributed by atoms with E-state index in [1.165, 1.54) is 70.8 Å². The van der Waals surface area contributed by atoms with Crippen LogP contribution in [0.1, 0.15) is 90.9 Å². The van der Waals surface area contributed by atoms with Crippen LogP contribution in [0.5, 0.6) is 0 Å². The summed E-state index contributed by atoms with van der Waals surface area (Å²) in [6.45, 7) is 3.44. The molecule has 0 aromatic carbocycles. The zero-order valence-electron chi connectivity index (χ0n) is 14.2. The summed E-state index contributed by atoms with van der Waals surface area (Å²) in [4.78, 5) is 21.6. The molecule has 1 N–H and O–H groups in total. The van der Waals surface area contributed by atoms with E-state index >= 15 is 0 Å². The van der Waals surface area contributed by atoms with Crippen LogP contribution in [0, 0.1) is 0 Å². The second kappa shape index (κ2) is 14.6. The molecule has 0 bridgehead atoms. The maximum Gasteiger partial charge on any atom is 0.371 e. The number of carboxylic acids is 1. The number of allylic oxidation sites excluding steroid dienone is 1. The number of rotatable bonds is 14. The molecule has 0 amide bonds. The first-order chi connectivity index (χ1) is 10.6. The molecular weight excluding hydrogens is 280 g/mol. The molecule has 0 fully saturated rings. The summed E-state index contributed by atoms with van der Waals surface area (Å²) in [5, 5.41) is 8.85. The number of hydrogen-bond donors (Lipinski definition) is 1. The summed E-state index contributed by atoms with van der Waals surface area (Å²) in [6.07, 6.45) is 16.0. The van der Waals surface area contributed by atoms with Crippen LogP contribution < -0.4 is 0 Å². The Morgan fingerprint density at radius 2 is 1.32 bits per heavy atom. The third-order valence-electron chi connectivity index (χ3n) is 3.60. The number of hydrogen-bond acceptors (Lipinski definition) is 3. The highest BCUT2D eigenvalue weighted by Crippen LogP contribution is 2.12. The van der Waals surface area contributed by atoms with Gasteiger partial charge in [-0.05, 0) is 18.9 Å². The van der Waals surface area contributed by atoms with Crippen LogP contribution in [0.15, 0.2) is 11.8 Å². The topological polar surface area (TPSA) is 63.6 Å². The highest BCUT2D eigenvalue weighted by atomic mass is 16.6. The second-order valence-corrected chi connectivity index (χ2v) is 5.79. The smallest absolute Gasteiger partial charge is 0.371 e. The largest absolute Gasteiger partial charge is 0.475 e. The third kappa shape index (κ3) is 13.7. The van der Waals surface area contributed by atoms with Crippen molar-refractivity contribution in [2.45, 2.75) is 90.9 Å². The van der Waals surface area contributed by atoms with Gasteiger partial charge in [0.1, 0.15) is 0 Å². The molecule has 0 saturated carbocycles. The van der Waals surface area contributed by atoms with Crippen LogP contribution in [0.25, 0.3) is 0 Å². The van der Waals surface area contributed by atoms with Crippen molar-refractivity contribution in [1.29, 1.82) is 0 Å². The van der Waals surface area contributed by atoms with Crippen molar-refractivity contribution in [3.8, 4) is 0 Å². The highest BCUT2D eigenvalue weighted by molar-refractivity contribution is 5.87. The molecule has 0 aliphatic heterocycles. The number of aliphatic carboxylic acids is 1. The maximum absolute atomic E-state index is 10.8. The summed E-state index contributed by atoms with van der Waals surface area (Å²) >= 11 is 0. The van der Waals surface area contributed by atoms with Gasteiger partial charge in [-0.25, -0.2) is 4.79 Å². The van der Waals surface area contributed by atoms with E-state index in [2.05, 4.69) is 11.7 Å². The van der Waals surface area contributed by atoms with Gasteiger partial charge in [0.05, 0.1) is 0 Å². The molecular formula is C18H32O4. The van der Waals surface area contributed by atoms with Gasteiger partial charge in [0.25, 0.3) is 0 Å². The Labute approximate surface area is 134 Å². The Bertz CT molecular complexity index is 334. The molecule has 0 aromatic rings. The highest BCUT2D eigenvalue weighted by Gasteiger charge is 2.10. The van der Waals surface area contributed by atoms with Crippen molar-refractivity contribution >= 4 is 11.9 Å². The molecule has 0 atom stereocenters. The summed E-state index contributed by atoms with van der Waals surface area (Å²) in [6, 6.07) is 0. The van der Waals surface area contributed by atoms with Gasteiger partial charge in [-0.1, -0.05) is 71.1 Å². The van der Waals surface area contributed by atoms with Gasteiger partial charge >= 0.3 is 11.9 Å². The Morgan fingerprint density at radius 1 is 0.864 bits per heavy atom. The molecule has 0 aliphatic rings. The fourth-order valence-corrected chi connectivity index (χ4v) is 2.37. The van der Waals surface area contributed by atoms with Crippen LogP contribution in [0.4, 0.5) is 0 Å². The Morgan fingerprint density at radius 3 is 1.73 bits per heavy atom. The average molecular weight is 312 g/mol. The van der Waals surface area contributed by atoms with Crippen molar-refractivity contribution in [1.82, 2.24) is 0 Å². The van der Waals surface area contributed by atoms with Crippen LogP contribution in [-0.2, 0) is 14.3 Å². The second-order valence-electron chi connectivity index (χ2n) is 5.79. The van der Waals surface area contributed by atoms with E-state index in [-0.39, 0.29) is 5.76 Å². The van der Waals surface area contributed by atoms with E-state index in [4.69, 9.17) is 5.11 Å². The monoisotopic (exact) mass is 312 g/mol. The van der Waals surface area contributed by atoms with E-state index < -0.39 is 11.9 Å². The molecule has 22 heavy (non-hydrogen) atoms. The predicted octanol–water partition coefficient (Wildman–Crippen LogP) is 5.22. The summed E-state index contributed by atoms with van der Waals surface area (Å²) in [5.41, 5.74) is 0. The van der Waals surface area contributed by atoms with Gasteiger partial charge in [0, 0.05) is 6.92 Å². The number of esters is 1. The number of carbonyl (C=O) groups excluding carboxylic acids is 1. The lowest BCUT2D eigenvalue weighted by Gasteiger charge is -2.03. The lowest BCUT2D eigenvalue weighted by Crippen LogP contribution is -2.08. The van der Waals surface area contributed by atoms with Crippen molar-refractivity contribution < 1.29 is 19.4 Å². The maximum atomic E-state index is 10.8. The molecule has 0 saturated heterocycles. The van der Waals surface area contributed by atoms with Gasteiger partial charge in [0.15, 0.2) is 0 Å². The normalized spacial score (nSPS) is 11.5. The van der Waals surface area contributed by atoms with Crippen LogP contribution in [0.3, 0.4) is 0 Å². The van der Waals surface area contributed by atoms with Crippen LogP contribution in [0.2, 0.25) is 0 Å². The molecule has 128 valence electrons. The molecule has 0 heterocycles. The first-order valence-corrected chi connectivity index (χ1v) is 8.69. The molecule has 0 radical (unpaired) electrons. The Hall–Kier alpha value is -1.32. The first-order valence-electron chi connectivity index (χ1n) is 8.69. The first kappa shape index (κ1) is 20.7. The van der Waals surface area contributed by atoms with Gasteiger partial charge in [-0.3, -0.25) is 4.79 Å². The minimum atomic E-state index is -1.18. The Balaban J connectivity index is 3.48. The van der Waals surface area contributed by atoms with Crippen LogP contribution >= 0.6 is 0 Å². The van der Waals surface area contributed by atoms with E-state index in [0.717, 1.165) is 12.8 Å². The van der Waals surface area contributed by atoms with Crippen molar-refractivity contribution in [3.05, 3.63) is 11.8 Å². The fraction of sp³-hybridized carbons (Fsp3) is 0.778. The number of unbranched alkanes of at least 4 members (excludes halogenated alkanes) is 11. The van der Waals surface area contributed by atoms with Crippen molar-refractivity contribution in [2.24, 2.45) is 0 Å². The quantitative estimate of drug-likeness (QED) is 0.207. The molecule has 4 nitrogen and oxygen atoms in total. The Kier molecular flexibility index (Phi) is 13.7. The number of carbonyl (C=O) groups is 2. The summed E-state index contributed by atoms with van der Waals surface area (Å²) in [7, 11) is 0. The molecule has 0 spiro atoms. The minimum absolute atomic E-state index is 0.250. The zero-order valence-corrected chi connectivity index (χ0v) is 14.2. The third-order valence-corrected chi connectivity index (χ3v) is 3.60. The van der Waals surface area contributed by atoms with E-state index in [1.807, 2.05) is 0 Å². The summed E-state index contributed by atoms with van der Waals surface area (Å²) < 4.78 is 4.63. The standard InChI is InChI=1S/C18H32O4/c1-3-4-5-6-7-8-9-10-11-12-13-14-15-17(18(20)21)22-16(2)19/h15H,3-14H2,1-2H3,(H,20,21). The SMILES string of the molecule is CCCCCCCCCCCCCC=C(OC(C)=O)C(=O)O. The lowest BCUT2D eigenvalue weighted by molar-refractivity contribution is -0.146. The predicted molar refractivity (Wildman–Crippen MR) is 88.6 cm³/mol.